The summed E-state index contributed by atoms with van der Waals surface area (Å²) in [5.41, 5.74) is 2.85. The van der Waals surface area contributed by atoms with Gasteiger partial charge in [0.05, 0.1) is 12.6 Å². The Labute approximate surface area is 111 Å². The smallest absolute Gasteiger partial charge is 0.0657 e. The van der Waals surface area contributed by atoms with Crippen molar-refractivity contribution in [1.29, 1.82) is 0 Å². The fourth-order valence-electron chi connectivity index (χ4n) is 2.50. The maximum absolute atomic E-state index is 5.30. The largest absolute Gasteiger partial charge is 0.383 e. The monoisotopic (exact) mass is 247 g/mol. The molecule has 2 nitrogen and oxygen atoms in total. The Morgan fingerprint density at radius 2 is 2.00 bits per heavy atom. The van der Waals surface area contributed by atoms with E-state index in [-0.39, 0.29) is 0 Å². The van der Waals surface area contributed by atoms with Crippen LogP contribution in [0.2, 0.25) is 0 Å². The van der Waals surface area contributed by atoms with Crippen LogP contribution >= 0.6 is 0 Å². The Morgan fingerprint density at radius 3 is 2.50 bits per heavy atom. The van der Waals surface area contributed by atoms with E-state index in [0.717, 1.165) is 25.5 Å². The molecule has 2 rings (SSSR count). The lowest BCUT2D eigenvalue weighted by molar-refractivity contribution is 0.167. The third-order valence-electron chi connectivity index (χ3n) is 3.89. The molecule has 1 unspecified atom stereocenters. The number of benzene rings is 1. The summed E-state index contributed by atoms with van der Waals surface area (Å²) in [6.45, 7) is 3.97. The summed E-state index contributed by atoms with van der Waals surface area (Å²) in [6.07, 6.45) is 5.29. The zero-order chi connectivity index (χ0) is 12.8. The summed E-state index contributed by atoms with van der Waals surface area (Å²) in [4.78, 5) is 0. The van der Waals surface area contributed by atoms with E-state index in [4.69, 9.17) is 4.74 Å². The molecule has 1 N–H and O–H groups in total. The van der Waals surface area contributed by atoms with Crippen LogP contribution in [0.1, 0.15) is 55.7 Å². The highest BCUT2D eigenvalue weighted by Gasteiger charge is 2.19. The number of methoxy groups -OCH3 is 1. The zero-order valence-corrected chi connectivity index (χ0v) is 11.6. The van der Waals surface area contributed by atoms with E-state index in [9.17, 15) is 0 Å². The van der Waals surface area contributed by atoms with E-state index in [1.807, 2.05) is 0 Å². The van der Waals surface area contributed by atoms with Crippen LogP contribution in [0.25, 0.3) is 0 Å². The average molecular weight is 247 g/mol. The van der Waals surface area contributed by atoms with Crippen molar-refractivity contribution in [3.63, 3.8) is 0 Å². The van der Waals surface area contributed by atoms with Gasteiger partial charge in [0.15, 0.2) is 0 Å². The Morgan fingerprint density at radius 1 is 1.28 bits per heavy atom. The van der Waals surface area contributed by atoms with E-state index in [0.29, 0.717) is 6.04 Å². The van der Waals surface area contributed by atoms with Crippen LogP contribution < -0.4 is 5.32 Å². The molecule has 2 heteroatoms. The first-order chi connectivity index (χ1) is 8.85. The normalized spacial score (nSPS) is 17.4. The molecular weight excluding hydrogens is 222 g/mol. The van der Waals surface area contributed by atoms with Crippen molar-refractivity contribution >= 4 is 0 Å². The van der Waals surface area contributed by atoms with Gasteiger partial charge in [-0.05, 0) is 42.9 Å². The third kappa shape index (κ3) is 3.33. The summed E-state index contributed by atoms with van der Waals surface area (Å²) in [7, 11) is 1.77. The second-order valence-corrected chi connectivity index (χ2v) is 5.26. The summed E-state index contributed by atoms with van der Waals surface area (Å²) < 4.78 is 5.30. The minimum absolute atomic E-state index is 0.324. The van der Waals surface area contributed by atoms with Crippen LogP contribution in [0.3, 0.4) is 0 Å². The SMILES string of the molecule is CCCNC(COC)c1ccc(C2CCC2)cc1. The Bertz CT molecular complexity index is 343. The van der Waals surface area contributed by atoms with Crippen molar-refractivity contribution in [2.75, 3.05) is 20.3 Å². The molecule has 1 aliphatic rings. The predicted octanol–water partition coefficient (Wildman–Crippen LogP) is 3.64. The second kappa shape index (κ2) is 6.91. The first-order valence-electron chi connectivity index (χ1n) is 7.17. The van der Waals surface area contributed by atoms with Gasteiger partial charge in [0, 0.05) is 7.11 Å². The van der Waals surface area contributed by atoms with Crippen molar-refractivity contribution in [2.24, 2.45) is 0 Å². The van der Waals surface area contributed by atoms with Gasteiger partial charge in [-0.1, -0.05) is 37.6 Å². The molecule has 100 valence electrons. The van der Waals surface area contributed by atoms with Crippen molar-refractivity contribution in [3.05, 3.63) is 35.4 Å². The zero-order valence-electron chi connectivity index (χ0n) is 11.6. The van der Waals surface area contributed by atoms with Gasteiger partial charge < -0.3 is 10.1 Å². The van der Waals surface area contributed by atoms with Crippen LogP contribution in [0, 0.1) is 0 Å². The maximum Gasteiger partial charge on any atom is 0.0657 e. The molecule has 0 saturated heterocycles. The Balaban J connectivity index is 1.99. The Hall–Kier alpha value is -0.860. The number of ether oxygens (including phenoxy) is 1. The molecule has 1 atom stereocenters. The van der Waals surface area contributed by atoms with E-state index >= 15 is 0 Å². The van der Waals surface area contributed by atoms with E-state index < -0.39 is 0 Å². The topological polar surface area (TPSA) is 21.3 Å². The van der Waals surface area contributed by atoms with Crippen LogP contribution in [-0.2, 0) is 4.74 Å². The van der Waals surface area contributed by atoms with Gasteiger partial charge in [-0.3, -0.25) is 0 Å². The number of nitrogens with one attached hydrogen (secondary N) is 1. The lowest BCUT2D eigenvalue weighted by atomic mass is 9.80. The first kappa shape index (κ1) is 13.6. The van der Waals surface area contributed by atoms with Crippen molar-refractivity contribution in [3.8, 4) is 0 Å². The predicted molar refractivity (Wildman–Crippen MR) is 75.9 cm³/mol. The molecule has 0 radical (unpaired) electrons. The van der Waals surface area contributed by atoms with Crippen molar-refractivity contribution in [2.45, 2.75) is 44.6 Å². The molecule has 1 fully saturated rings. The van der Waals surface area contributed by atoms with Gasteiger partial charge in [-0.15, -0.1) is 0 Å². The Kier molecular flexibility index (Phi) is 5.21. The molecule has 1 aromatic carbocycles. The first-order valence-corrected chi connectivity index (χ1v) is 7.17. The minimum atomic E-state index is 0.324. The highest BCUT2D eigenvalue weighted by molar-refractivity contribution is 5.28. The second-order valence-electron chi connectivity index (χ2n) is 5.26. The van der Waals surface area contributed by atoms with E-state index in [1.165, 1.54) is 30.4 Å². The fraction of sp³-hybridized carbons (Fsp3) is 0.625. The fourth-order valence-corrected chi connectivity index (χ4v) is 2.50. The molecule has 1 aromatic rings. The van der Waals surface area contributed by atoms with Gasteiger partial charge in [-0.2, -0.15) is 0 Å². The molecule has 0 aliphatic heterocycles. The lowest BCUT2D eigenvalue weighted by Gasteiger charge is -2.26. The van der Waals surface area contributed by atoms with Gasteiger partial charge in [0.2, 0.25) is 0 Å². The summed E-state index contributed by atoms with van der Waals surface area (Å²) >= 11 is 0. The quantitative estimate of drug-likeness (QED) is 0.794. The third-order valence-corrected chi connectivity index (χ3v) is 3.89. The van der Waals surface area contributed by atoms with Crippen LogP contribution in [-0.4, -0.2) is 20.3 Å². The average Bonchev–Trinajstić information content (AvgIpc) is 2.33. The molecular formula is C16H25NO. The maximum atomic E-state index is 5.30. The van der Waals surface area contributed by atoms with E-state index in [2.05, 4.69) is 36.5 Å². The van der Waals surface area contributed by atoms with Gasteiger partial charge >= 0.3 is 0 Å². The summed E-state index contributed by atoms with van der Waals surface area (Å²) in [5, 5.41) is 3.54. The number of hydrogen-bond acceptors (Lipinski definition) is 2. The van der Waals surface area contributed by atoms with E-state index in [1.54, 1.807) is 7.11 Å². The van der Waals surface area contributed by atoms with Crippen LogP contribution in [0.4, 0.5) is 0 Å². The van der Waals surface area contributed by atoms with Crippen molar-refractivity contribution in [1.82, 2.24) is 5.32 Å². The van der Waals surface area contributed by atoms with Crippen LogP contribution in [0.15, 0.2) is 24.3 Å². The molecule has 1 saturated carbocycles. The summed E-state index contributed by atoms with van der Waals surface area (Å²) in [6, 6.07) is 9.45. The van der Waals surface area contributed by atoms with Crippen LogP contribution in [0.5, 0.6) is 0 Å². The van der Waals surface area contributed by atoms with Gasteiger partial charge in [-0.25, -0.2) is 0 Å². The molecule has 18 heavy (non-hydrogen) atoms. The number of hydrogen-bond donors (Lipinski definition) is 1. The lowest BCUT2D eigenvalue weighted by Crippen LogP contribution is -2.26. The molecule has 0 bridgehead atoms. The molecule has 1 aliphatic carbocycles. The summed E-state index contributed by atoms with van der Waals surface area (Å²) in [5.74, 6) is 0.823. The molecule has 0 spiro atoms. The number of rotatable bonds is 7. The van der Waals surface area contributed by atoms with Gasteiger partial charge in [0.1, 0.15) is 0 Å². The highest BCUT2D eigenvalue weighted by atomic mass is 16.5. The molecule has 0 aromatic heterocycles. The standard InChI is InChI=1S/C16H25NO/c1-3-11-17-16(12-18-2)15-9-7-14(8-10-15)13-5-4-6-13/h7-10,13,16-17H,3-6,11-12H2,1-2H3. The van der Waals surface area contributed by atoms with Gasteiger partial charge in [0.25, 0.3) is 0 Å². The minimum Gasteiger partial charge on any atom is -0.383 e. The van der Waals surface area contributed by atoms with Crippen molar-refractivity contribution < 1.29 is 4.74 Å². The molecule has 0 amide bonds. The highest BCUT2D eigenvalue weighted by Crippen LogP contribution is 2.36. The molecule has 0 heterocycles.